The van der Waals surface area contributed by atoms with Crippen molar-refractivity contribution in [3.8, 4) is 0 Å². The normalized spacial score (nSPS) is 16.8. The monoisotopic (exact) mass is 271 g/mol. The molecular formula is C11H21Cl2Ti-. The van der Waals surface area contributed by atoms with Gasteiger partial charge in [-0.2, -0.15) is 11.1 Å². The minimum absolute atomic E-state index is 0. The SMILES string of the molecule is C.CC1=[C-]C(C)(C)C(C)=C1C.Cl.Cl.[Ti]. The van der Waals surface area contributed by atoms with Crippen molar-refractivity contribution in [1.29, 1.82) is 0 Å². The molecule has 1 aliphatic rings. The van der Waals surface area contributed by atoms with Gasteiger partial charge in [-0.1, -0.05) is 40.5 Å². The Labute approximate surface area is 116 Å². The summed E-state index contributed by atoms with van der Waals surface area (Å²) in [7, 11) is 0. The van der Waals surface area contributed by atoms with Crippen molar-refractivity contribution in [2.75, 3.05) is 0 Å². The van der Waals surface area contributed by atoms with E-state index in [1.165, 1.54) is 16.7 Å². The van der Waals surface area contributed by atoms with Crippen LogP contribution in [0.3, 0.4) is 0 Å². The molecule has 0 radical (unpaired) electrons. The van der Waals surface area contributed by atoms with Gasteiger partial charge < -0.3 is 0 Å². The van der Waals surface area contributed by atoms with E-state index in [9.17, 15) is 0 Å². The zero-order valence-electron chi connectivity index (χ0n) is 8.82. The maximum absolute atomic E-state index is 3.44. The fourth-order valence-electron chi connectivity index (χ4n) is 1.41. The van der Waals surface area contributed by atoms with Gasteiger partial charge in [-0.3, -0.25) is 6.08 Å². The fourth-order valence-corrected chi connectivity index (χ4v) is 1.41. The Morgan fingerprint density at radius 2 is 1.36 bits per heavy atom. The molecule has 0 amide bonds. The number of allylic oxidation sites excluding steroid dienone is 4. The van der Waals surface area contributed by atoms with Crippen LogP contribution >= 0.6 is 24.8 Å². The Balaban J connectivity index is -0.000000125. The van der Waals surface area contributed by atoms with Crippen molar-refractivity contribution in [3.63, 3.8) is 0 Å². The number of hydrogen-bond donors (Lipinski definition) is 0. The molecular weight excluding hydrogens is 251 g/mol. The van der Waals surface area contributed by atoms with E-state index < -0.39 is 0 Å². The second-order valence-electron chi connectivity index (χ2n) is 3.62. The van der Waals surface area contributed by atoms with E-state index in [0.717, 1.165) is 0 Å². The molecule has 0 unspecified atom stereocenters. The molecule has 0 N–H and O–H groups in total. The van der Waals surface area contributed by atoms with Gasteiger partial charge in [0.15, 0.2) is 0 Å². The van der Waals surface area contributed by atoms with E-state index in [4.69, 9.17) is 0 Å². The van der Waals surface area contributed by atoms with E-state index in [1.54, 1.807) is 0 Å². The first-order chi connectivity index (χ1) is 4.45. The number of halogens is 2. The molecule has 0 bridgehead atoms. The summed E-state index contributed by atoms with van der Waals surface area (Å²) in [4.78, 5) is 0. The first kappa shape index (κ1) is 24.1. The van der Waals surface area contributed by atoms with E-state index in [-0.39, 0.29) is 59.4 Å². The van der Waals surface area contributed by atoms with Crippen LogP contribution in [0, 0.1) is 11.5 Å². The molecule has 0 heterocycles. The smallest absolute Gasteiger partial charge is 0 e. The molecule has 0 aromatic carbocycles. The van der Waals surface area contributed by atoms with Crippen LogP contribution in [0.2, 0.25) is 0 Å². The van der Waals surface area contributed by atoms with Gasteiger partial charge in [0.05, 0.1) is 0 Å². The number of hydrogen-bond acceptors (Lipinski definition) is 0. The molecule has 0 spiro atoms. The molecule has 0 saturated heterocycles. The zero-order valence-corrected chi connectivity index (χ0v) is 12.0. The van der Waals surface area contributed by atoms with E-state index in [1.807, 2.05) is 0 Å². The van der Waals surface area contributed by atoms with Crippen molar-refractivity contribution < 1.29 is 21.7 Å². The summed E-state index contributed by atoms with van der Waals surface area (Å²) >= 11 is 0. The Kier molecular flexibility index (Phi) is 13.8. The third kappa shape index (κ3) is 4.53. The van der Waals surface area contributed by atoms with Crippen LogP contribution in [0.15, 0.2) is 16.7 Å². The zero-order chi connectivity index (χ0) is 7.94. The molecule has 84 valence electrons. The van der Waals surface area contributed by atoms with Crippen LogP contribution in [0.1, 0.15) is 42.0 Å². The van der Waals surface area contributed by atoms with E-state index in [2.05, 4.69) is 40.7 Å². The molecule has 0 atom stereocenters. The van der Waals surface area contributed by atoms with Gasteiger partial charge in [0.25, 0.3) is 0 Å². The van der Waals surface area contributed by atoms with E-state index >= 15 is 0 Å². The largest absolute Gasteiger partial charge is 0.263 e. The summed E-state index contributed by atoms with van der Waals surface area (Å²) in [6, 6.07) is 0. The Morgan fingerprint density at radius 1 is 1.00 bits per heavy atom. The fraction of sp³-hybridized carbons (Fsp3) is 0.636. The Morgan fingerprint density at radius 3 is 1.43 bits per heavy atom. The van der Waals surface area contributed by atoms with Gasteiger partial charge in [0.1, 0.15) is 0 Å². The van der Waals surface area contributed by atoms with Crippen LogP contribution < -0.4 is 0 Å². The standard InChI is InChI=1S/C10H15.CH4.2ClH.Ti/c1-7-6-10(4,5)9(3)8(7)2;;;;/h1-5H3;1H4;2*1H;/q-1;;;;. The first-order valence-electron chi connectivity index (χ1n) is 3.75. The van der Waals surface area contributed by atoms with Crippen molar-refractivity contribution in [1.82, 2.24) is 0 Å². The van der Waals surface area contributed by atoms with Gasteiger partial charge in [-0.25, -0.2) is 5.57 Å². The summed E-state index contributed by atoms with van der Waals surface area (Å²) < 4.78 is 0. The van der Waals surface area contributed by atoms with Gasteiger partial charge >= 0.3 is 0 Å². The van der Waals surface area contributed by atoms with Gasteiger partial charge in [-0.15, -0.1) is 31.7 Å². The predicted molar refractivity (Wildman–Crippen MR) is 65.8 cm³/mol. The molecule has 1 aliphatic carbocycles. The third-order valence-corrected chi connectivity index (χ3v) is 2.56. The molecule has 0 aliphatic heterocycles. The molecule has 3 heteroatoms. The molecule has 14 heavy (non-hydrogen) atoms. The summed E-state index contributed by atoms with van der Waals surface area (Å²) in [6.45, 7) is 10.9. The Bertz CT molecular complexity index is 227. The number of rotatable bonds is 0. The van der Waals surface area contributed by atoms with Crippen molar-refractivity contribution in [3.05, 3.63) is 22.8 Å². The average Bonchev–Trinajstić information content (AvgIpc) is 1.95. The first-order valence-corrected chi connectivity index (χ1v) is 3.75. The van der Waals surface area contributed by atoms with Gasteiger partial charge in [0.2, 0.25) is 0 Å². The molecule has 1 rings (SSSR count). The van der Waals surface area contributed by atoms with Crippen molar-refractivity contribution in [2.45, 2.75) is 42.0 Å². The summed E-state index contributed by atoms with van der Waals surface area (Å²) in [6.07, 6.45) is 3.44. The minimum Gasteiger partial charge on any atom is -0.263 e. The predicted octanol–water partition coefficient (Wildman–Crippen LogP) is 4.59. The molecule has 0 aromatic rings. The quantitative estimate of drug-likeness (QED) is 0.447. The topological polar surface area (TPSA) is 0 Å². The molecule has 0 aromatic heterocycles. The second kappa shape index (κ2) is 7.99. The van der Waals surface area contributed by atoms with Crippen LogP contribution in [0.25, 0.3) is 0 Å². The van der Waals surface area contributed by atoms with Crippen LogP contribution in [-0.4, -0.2) is 0 Å². The third-order valence-electron chi connectivity index (χ3n) is 2.56. The summed E-state index contributed by atoms with van der Waals surface area (Å²) in [5.41, 5.74) is 4.39. The van der Waals surface area contributed by atoms with Crippen LogP contribution in [0.5, 0.6) is 0 Å². The van der Waals surface area contributed by atoms with Crippen molar-refractivity contribution in [2.24, 2.45) is 5.41 Å². The minimum atomic E-state index is 0. The van der Waals surface area contributed by atoms with Gasteiger partial charge in [0, 0.05) is 21.7 Å². The second-order valence-corrected chi connectivity index (χ2v) is 3.62. The molecule has 0 fully saturated rings. The van der Waals surface area contributed by atoms with Crippen molar-refractivity contribution >= 4 is 24.8 Å². The van der Waals surface area contributed by atoms with E-state index in [0.29, 0.717) is 0 Å². The van der Waals surface area contributed by atoms with Crippen LogP contribution in [0.4, 0.5) is 0 Å². The summed E-state index contributed by atoms with van der Waals surface area (Å²) in [5.74, 6) is 0. The molecule has 0 nitrogen and oxygen atoms in total. The average molecular weight is 272 g/mol. The Hall–Kier alpha value is 0.774. The maximum atomic E-state index is 3.44. The van der Waals surface area contributed by atoms with Crippen LogP contribution in [-0.2, 0) is 21.7 Å². The summed E-state index contributed by atoms with van der Waals surface area (Å²) in [5, 5.41) is 0. The maximum Gasteiger partial charge on any atom is 0 e. The molecule has 0 saturated carbocycles. The van der Waals surface area contributed by atoms with Gasteiger partial charge in [-0.05, 0) is 0 Å².